The van der Waals surface area contributed by atoms with Gasteiger partial charge in [0.15, 0.2) is 0 Å². The molecule has 6 nitrogen and oxygen atoms in total. The largest absolute Gasteiger partial charge is 0.384 e. The summed E-state index contributed by atoms with van der Waals surface area (Å²) in [7, 11) is 0. The van der Waals surface area contributed by atoms with Crippen molar-refractivity contribution in [2.75, 3.05) is 37.2 Å². The Morgan fingerprint density at radius 2 is 2.11 bits per heavy atom. The van der Waals surface area contributed by atoms with Crippen molar-refractivity contribution in [1.82, 2.24) is 9.88 Å². The van der Waals surface area contributed by atoms with E-state index in [1.807, 2.05) is 0 Å². The van der Waals surface area contributed by atoms with Gasteiger partial charge in [0.1, 0.15) is 5.82 Å². The molecule has 0 saturated heterocycles. The number of hydrogen-bond acceptors (Lipinski definition) is 5. The minimum atomic E-state index is -0.505. The summed E-state index contributed by atoms with van der Waals surface area (Å²) >= 11 is 0. The zero-order valence-corrected chi connectivity index (χ0v) is 10.9. The van der Waals surface area contributed by atoms with Gasteiger partial charge in [0.25, 0.3) is 5.91 Å². The van der Waals surface area contributed by atoms with E-state index < -0.39 is 5.91 Å². The zero-order valence-electron chi connectivity index (χ0n) is 10.9. The molecule has 0 unspecified atom stereocenters. The van der Waals surface area contributed by atoms with Gasteiger partial charge in [0, 0.05) is 13.1 Å². The molecule has 1 rings (SSSR count). The van der Waals surface area contributed by atoms with E-state index in [4.69, 9.17) is 11.5 Å². The van der Waals surface area contributed by atoms with Crippen molar-refractivity contribution < 1.29 is 4.79 Å². The predicted molar refractivity (Wildman–Crippen MR) is 73.4 cm³/mol. The van der Waals surface area contributed by atoms with E-state index in [9.17, 15) is 4.79 Å². The molecular formula is C12H21N5O. The average molecular weight is 251 g/mol. The molecule has 6 heteroatoms. The molecule has 18 heavy (non-hydrogen) atoms. The van der Waals surface area contributed by atoms with Crippen LogP contribution in [0.5, 0.6) is 0 Å². The molecule has 0 bridgehead atoms. The summed E-state index contributed by atoms with van der Waals surface area (Å²) in [6.45, 7) is 7.86. The molecule has 1 heterocycles. The van der Waals surface area contributed by atoms with E-state index in [1.54, 1.807) is 0 Å². The highest BCUT2D eigenvalue weighted by molar-refractivity contribution is 5.98. The Labute approximate surface area is 107 Å². The molecule has 0 aliphatic carbocycles. The predicted octanol–water partition coefficient (Wildman–Crippen LogP) is 0.516. The topological polar surface area (TPSA) is 97.3 Å². The van der Waals surface area contributed by atoms with Crippen molar-refractivity contribution in [3.63, 3.8) is 0 Å². The van der Waals surface area contributed by atoms with E-state index in [2.05, 4.69) is 29.0 Å². The number of nitrogen functional groups attached to an aromatic ring is 1. The number of nitrogens with two attached hydrogens (primary N) is 2. The van der Waals surface area contributed by atoms with Gasteiger partial charge in [-0.05, 0) is 19.2 Å². The molecule has 1 amide bonds. The van der Waals surface area contributed by atoms with E-state index >= 15 is 0 Å². The van der Waals surface area contributed by atoms with Crippen molar-refractivity contribution in [3.8, 4) is 0 Å². The summed E-state index contributed by atoms with van der Waals surface area (Å²) in [6, 6.07) is 1.49. The first-order valence-electron chi connectivity index (χ1n) is 6.10. The molecule has 0 spiro atoms. The summed E-state index contributed by atoms with van der Waals surface area (Å²) in [5, 5.41) is 3.16. The first kappa shape index (κ1) is 14.2. The van der Waals surface area contributed by atoms with E-state index in [-0.39, 0.29) is 5.82 Å². The van der Waals surface area contributed by atoms with Crippen LogP contribution in [0, 0.1) is 0 Å². The van der Waals surface area contributed by atoms with Gasteiger partial charge in [0.05, 0.1) is 17.4 Å². The molecule has 0 aromatic carbocycles. The lowest BCUT2D eigenvalue weighted by Gasteiger charge is -2.19. The maximum absolute atomic E-state index is 11.3. The second-order valence-electron chi connectivity index (χ2n) is 3.97. The molecule has 0 saturated carbocycles. The number of carbonyl (C=O) groups is 1. The summed E-state index contributed by atoms with van der Waals surface area (Å²) in [5.41, 5.74) is 11.8. The normalized spacial score (nSPS) is 10.6. The Balaban J connectivity index is 2.64. The fraction of sp³-hybridized carbons (Fsp3) is 0.500. The highest BCUT2D eigenvalue weighted by Crippen LogP contribution is 2.15. The molecule has 1 aromatic heterocycles. The number of primary amides is 1. The second-order valence-corrected chi connectivity index (χ2v) is 3.97. The number of anilines is 2. The van der Waals surface area contributed by atoms with Crippen LogP contribution >= 0.6 is 0 Å². The lowest BCUT2D eigenvalue weighted by Crippen LogP contribution is -2.29. The van der Waals surface area contributed by atoms with Crippen LogP contribution in [0.3, 0.4) is 0 Å². The second kappa shape index (κ2) is 6.80. The van der Waals surface area contributed by atoms with Crippen molar-refractivity contribution in [1.29, 1.82) is 0 Å². The number of pyridine rings is 1. The summed E-state index contributed by atoms with van der Waals surface area (Å²) < 4.78 is 0. The third kappa shape index (κ3) is 3.89. The summed E-state index contributed by atoms with van der Waals surface area (Å²) in [4.78, 5) is 17.5. The maximum atomic E-state index is 11.3. The number of nitrogens with one attached hydrogen (secondary N) is 1. The maximum Gasteiger partial charge on any atom is 0.250 e. The minimum absolute atomic E-state index is 0.290. The quantitative estimate of drug-likeness (QED) is 0.656. The SMILES string of the molecule is CCN(CC)CCNc1cnc(N)cc1C(N)=O. The number of hydrogen-bond donors (Lipinski definition) is 3. The van der Waals surface area contributed by atoms with Gasteiger partial charge in [-0.2, -0.15) is 0 Å². The molecule has 0 aliphatic heterocycles. The Morgan fingerprint density at radius 1 is 1.44 bits per heavy atom. The van der Waals surface area contributed by atoms with Crippen molar-refractivity contribution in [3.05, 3.63) is 17.8 Å². The average Bonchev–Trinajstić information content (AvgIpc) is 2.36. The standard InChI is InChI=1S/C12H21N5O/c1-3-17(4-2)6-5-15-10-8-16-11(13)7-9(10)12(14)18/h7-8,15H,3-6H2,1-2H3,(H2,13,16)(H2,14,18). The Kier molecular flexibility index (Phi) is 5.38. The van der Waals surface area contributed by atoms with Crippen molar-refractivity contribution >= 4 is 17.4 Å². The van der Waals surface area contributed by atoms with Gasteiger partial charge in [0.2, 0.25) is 0 Å². The molecule has 1 aromatic rings. The van der Waals surface area contributed by atoms with Crippen LogP contribution in [0.25, 0.3) is 0 Å². The van der Waals surface area contributed by atoms with Gasteiger partial charge >= 0.3 is 0 Å². The Bertz CT molecular complexity index is 403. The monoisotopic (exact) mass is 251 g/mol. The van der Waals surface area contributed by atoms with E-state index in [0.717, 1.165) is 26.2 Å². The Morgan fingerprint density at radius 3 is 2.67 bits per heavy atom. The number of rotatable bonds is 7. The molecule has 0 fully saturated rings. The van der Waals surface area contributed by atoms with Crippen LogP contribution in [-0.4, -0.2) is 42.0 Å². The van der Waals surface area contributed by atoms with Crippen LogP contribution in [0.15, 0.2) is 12.3 Å². The fourth-order valence-electron chi connectivity index (χ4n) is 1.70. The molecule has 0 aliphatic rings. The lowest BCUT2D eigenvalue weighted by atomic mass is 10.2. The van der Waals surface area contributed by atoms with E-state index in [0.29, 0.717) is 11.3 Å². The number of likely N-dealkylation sites (N-methyl/N-ethyl adjacent to an activating group) is 1. The molecule has 100 valence electrons. The lowest BCUT2D eigenvalue weighted by molar-refractivity contribution is 0.100. The van der Waals surface area contributed by atoms with Crippen molar-refractivity contribution in [2.24, 2.45) is 5.73 Å². The van der Waals surface area contributed by atoms with Gasteiger partial charge in [-0.1, -0.05) is 13.8 Å². The van der Waals surface area contributed by atoms with Crippen LogP contribution in [0.1, 0.15) is 24.2 Å². The first-order valence-corrected chi connectivity index (χ1v) is 6.10. The van der Waals surface area contributed by atoms with Gasteiger partial charge in [-0.3, -0.25) is 4.79 Å². The molecule has 5 N–H and O–H groups in total. The molecule has 0 radical (unpaired) electrons. The number of carbonyl (C=O) groups excluding carboxylic acids is 1. The smallest absolute Gasteiger partial charge is 0.250 e. The fourth-order valence-corrected chi connectivity index (χ4v) is 1.70. The van der Waals surface area contributed by atoms with Gasteiger partial charge in [-0.15, -0.1) is 0 Å². The van der Waals surface area contributed by atoms with Crippen LogP contribution in [0.4, 0.5) is 11.5 Å². The summed E-state index contributed by atoms with van der Waals surface area (Å²) in [6.07, 6.45) is 1.54. The molecule has 0 atom stereocenters. The highest BCUT2D eigenvalue weighted by atomic mass is 16.1. The van der Waals surface area contributed by atoms with Crippen LogP contribution in [0.2, 0.25) is 0 Å². The van der Waals surface area contributed by atoms with Crippen molar-refractivity contribution in [2.45, 2.75) is 13.8 Å². The third-order valence-corrected chi connectivity index (χ3v) is 2.83. The molecular weight excluding hydrogens is 230 g/mol. The van der Waals surface area contributed by atoms with Crippen LogP contribution < -0.4 is 16.8 Å². The summed E-state index contributed by atoms with van der Waals surface area (Å²) in [5.74, 6) is -0.215. The number of aromatic nitrogens is 1. The van der Waals surface area contributed by atoms with E-state index in [1.165, 1.54) is 12.3 Å². The van der Waals surface area contributed by atoms with Gasteiger partial charge in [-0.25, -0.2) is 4.98 Å². The third-order valence-electron chi connectivity index (χ3n) is 2.83. The minimum Gasteiger partial charge on any atom is -0.384 e. The van der Waals surface area contributed by atoms with Crippen LogP contribution in [-0.2, 0) is 0 Å². The Hall–Kier alpha value is -1.82. The first-order chi connectivity index (χ1) is 8.58. The van der Waals surface area contributed by atoms with Gasteiger partial charge < -0.3 is 21.7 Å². The number of amides is 1. The highest BCUT2D eigenvalue weighted by Gasteiger charge is 2.09. The number of nitrogens with zero attached hydrogens (tertiary/aromatic N) is 2. The zero-order chi connectivity index (χ0) is 13.5.